The SMILES string of the molecule is CC(=O)NS(=O)(=O)c1ccc(NC(=O)c2sc3nc(CN(C)C)[nH]c(=O)c3c2C)cc1. The lowest BCUT2D eigenvalue weighted by molar-refractivity contribution is -0.117. The number of aromatic amines is 1. The molecule has 12 heteroatoms. The molecule has 0 radical (unpaired) electrons. The van der Waals surface area contributed by atoms with Crippen LogP contribution in [-0.2, 0) is 21.4 Å². The number of sulfonamides is 1. The molecule has 3 aromatic rings. The molecule has 0 spiro atoms. The molecule has 1 aromatic carbocycles. The van der Waals surface area contributed by atoms with Crippen LogP contribution in [0.15, 0.2) is 34.0 Å². The molecular weight excluding hydrogens is 442 g/mol. The van der Waals surface area contributed by atoms with Gasteiger partial charge in [0.1, 0.15) is 10.7 Å². The lowest BCUT2D eigenvalue weighted by Crippen LogP contribution is -2.28. The van der Waals surface area contributed by atoms with E-state index in [-0.39, 0.29) is 10.5 Å². The maximum absolute atomic E-state index is 12.8. The first-order chi connectivity index (χ1) is 14.5. The van der Waals surface area contributed by atoms with Gasteiger partial charge in [0.15, 0.2) is 0 Å². The Kier molecular flexibility index (Phi) is 6.25. The van der Waals surface area contributed by atoms with Crippen LogP contribution >= 0.6 is 11.3 Å². The summed E-state index contributed by atoms with van der Waals surface area (Å²) in [7, 11) is -0.246. The Labute approximate surface area is 182 Å². The molecule has 0 aliphatic carbocycles. The second-order valence-corrected chi connectivity index (χ2v) is 9.81. The van der Waals surface area contributed by atoms with E-state index < -0.39 is 21.8 Å². The van der Waals surface area contributed by atoms with E-state index in [0.29, 0.717) is 38.7 Å². The molecule has 0 aliphatic heterocycles. The van der Waals surface area contributed by atoms with Gasteiger partial charge in [-0.3, -0.25) is 14.4 Å². The van der Waals surface area contributed by atoms with Crippen LogP contribution in [0.5, 0.6) is 0 Å². The second kappa shape index (κ2) is 8.57. The highest BCUT2D eigenvalue weighted by Gasteiger charge is 2.20. The zero-order valence-corrected chi connectivity index (χ0v) is 18.9. The van der Waals surface area contributed by atoms with Gasteiger partial charge in [0.05, 0.1) is 21.7 Å². The van der Waals surface area contributed by atoms with Crippen molar-refractivity contribution in [3.05, 3.63) is 50.9 Å². The van der Waals surface area contributed by atoms with Crippen LogP contribution in [-0.4, -0.2) is 49.2 Å². The number of hydrogen-bond donors (Lipinski definition) is 3. The number of anilines is 1. The van der Waals surface area contributed by atoms with E-state index in [1.54, 1.807) is 6.92 Å². The van der Waals surface area contributed by atoms with Gasteiger partial charge < -0.3 is 15.2 Å². The number of fused-ring (bicyclic) bond motifs is 1. The van der Waals surface area contributed by atoms with E-state index in [1.807, 2.05) is 23.7 Å². The van der Waals surface area contributed by atoms with Crippen molar-refractivity contribution in [3.63, 3.8) is 0 Å². The van der Waals surface area contributed by atoms with Crippen LogP contribution in [0.4, 0.5) is 5.69 Å². The largest absolute Gasteiger partial charge is 0.321 e. The number of aryl methyl sites for hydroxylation is 1. The number of H-pyrrole nitrogens is 1. The van der Waals surface area contributed by atoms with Crippen molar-refractivity contribution in [1.29, 1.82) is 0 Å². The predicted molar refractivity (Wildman–Crippen MR) is 118 cm³/mol. The third-order valence-corrected chi connectivity index (χ3v) is 6.86. The molecule has 164 valence electrons. The molecule has 2 amide bonds. The number of nitrogens with zero attached hydrogens (tertiary/aromatic N) is 2. The normalized spacial score (nSPS) is 11.6. The molecule has 0 atom stereocenters. The number of rotatable bonds is 6. The van der Waals surface area contributed by atoms with Crippen molar-refractivity contribution in [2.75, 3.05) is 19.4 Å². The Morgan fingerprint density at radius 1 is 1.19 bits per heavy atom. The van der Waals surface area contributed by atoms with E-state index in [1.165, 1.54) is 24.3 Å². The van der Waals surface area contributed by atoms with Gasteiger partial charge in [0.2, 0.25) is 5.91 Å². The van der Waals surface area contributed by atoms with E-state index in [9.17, 15) is 22.8 Å². The molecule has 0 bridgehead atoms. The number of carbonyl (C=O) groups is 2. The fourth-order valence-electron chi connectivity index (χ4n) is 2.93. The van der Waals surface area contributed by atoms with Crippen LogP contribution in [0.25, 0.3) is 10.2 Å². The first-order valence-corrected chi connectivity index (χ1v) is 11.4. The first kappa shape index (κ1) is 22.6. The molecule has 0 fully saturated rings. The number of carbonyl (C=O) groups excluding carboxylic acids is 2. The quantitative estimate of drug-likeness (QED) is 0.502. The van der Waals surface area contributed by atoms with Gasteiger partial charge in [-0.25, -0.2) is 18.1 Å². The molecule has 0 unspecified atom stereocenters. The summed E-state index contributed by atoms with van der Waals surface area (Å²) in [6, 6.07) is 5.38. The highest BCUT2D eigenvalue weighted by Crippen LogP contribution is 2.28. The third-order valence-electron chi connectivity index (χ3n) is 4.22. The Morgan fingerprint density at radius 2 is 1.84 bits per heavy atom. The molecule has 3 N–H and O–H groups in total. The molecule has 0 saturated carbocycles. The highest BCUT2D eigenvalue weighted by molar-refractivity contribution is 7.90. The number of benzene rings is 1. The van der Waals surface area contributed by atoms with Crippen molar-refractivity contribution in [1.82, 2.24) is 19.6 Å². The molecule has 3 rings (SSSR count). The standard InChI is InChI=1S/C19H21N5O5S2/c1-10-15-17(26)21-14(9-24(3)4)22-19(15)30-16(10)18(27)20-12-5-7-13(8-6-12)31(28,29)23-11(2)25/h5-8H,9H2,1-4H3,(H,20,27)(H,23,25)(H,21,22,26). The molecule has 31 heavy (non-hydrogen) atoms. The number of amides is 2. The first-order valence-electron chi connectivity index (χ1n) is 9.09. The summed E-state index contributed by atoms with van der Waals surface area (Å²) in [6.07, 6.45) is 0. The van der Waals surface area contributed by atoms with Gasteiger partial charge in [-0.05, 0) is 50.8 Å². The van der Waals surface area contributed by atoms with Gasteiger partial charge >= 0.3 is 0 Å². The van der Waals surface area contributed by atoms with E-state index in [2.05, 4.69) is 15.3 Å². The van der Waals surface area contributed by atoms with Gasteiger partial charge in [-0.2, -0.15) is 0 Å². The lowest BCUT2D eigenvalue weighted by atomic mass is 10.2. The predicted octanol–water partition coefficient (Wildman–Crippen LogP) is 1.43. The average molecular weight is 464 g/mol. The summed E-state index contributed by atoms with van der Waals surface area (Å²) in [5.74, 6) is -0.631. The Morgan fingerprint density at radius 3 is 2.42 bits per heavy atom. The average Bonchev–Trinajstić information content (AvgIpc) is 2.97. The molecule has 10 nitrogen and oxygen atoms in total. The lowest BCUT2D eigenvalue weighted by Gasteiger charge is -2.07. The molecule has 0 aliphatic rings. The van der Waals surface area contributed by atoms with Gasteiger partial charge in [0.25, 0.3) is 21.5 Å². The minimum atomic E-state index is -3.96. The van der Waals surface area contributed by atoms with E-state index >= 15 is 0 Å². The zero-order valence-electron chi connectivity index (χ0n) is 17.3. The smallest absolute Gasteiger partial charge is 0.266 e. The van der Waals surface area contributed by atoms with Crippen LogP contribution in [0.3, 0.4) is 0 Å². The zero-order chi connectivity index (χ0) is 22.9. The van der Waals surface area contributed by atoms with Crippen molar-refractivity contribution < 1.29 is 18.0 Å². The van der Waals surface area contributed by atoms with Gasteiger partial charge in [0, 0.05) is 12.6 Å². The third kappa shape index (κ3) is 4.98. The topological polar surface area (TPSA) is 141 Å². The number of nitrogens with one attached hydrogen (secondary N) is 3. The Balaban J connectivity index is 1.86. The van der Waals surface area contributed by atoms with Crippen molar-refractivity contribution in [2.24, 2.45) is 0 Å². The molecule has 2 heterocycles. The summed E-state index contributed by atoms with van der Waals surface area (Å²) in [5, 5.41) is 3.06. The van der Waals surface area contributed by atoms with Gasteiger partial charge in [-0.15, -0.1) is 11.3 Å². The number of hydrogen-bond acceptors (Lipinski definition) is 8. The summed E-state index contributed by atoms with van der Waals surface area (Å²) in [4.78, 5) is 46.0. The monoisotopic (exact) mass is 463 g/mol. The van der Waals surface area contributed by atoms with E-state index in [4.69, 9.17) is 0 Å². The van der Waals surface area contributed by atoms with Crippen LogP contribution in [0, 0.1) is 6.92 Å². The fourth-order valence-corrected chi connectivity index (χ4v) is 5.02. The van der Waals surface area contributed by atoms with Crippen molar-refractivity contribution in [2.45, 2.75) is 25.3 Å². The van der Waals surface area contributed by atoms with E-state index in [0.717, 1.165) is 18.3 Å². The Bertz CT molecular complexity index is 1320. The van der Waals surface area contributed by atoms with Crippen LogP contribution in [0.2, 0.25) is 0 Å². The number of thiophene rings is 1. The minimum absolute atomic E-state index is 0.108. The molecular formula is C19H21N5O5S2. The van der Waals surface area contributed by atoms with Crippen LogP contribution < -0.4 is 15.6 Å². The van der Waals surface area contributed by atoms with Gasteiger partial charge in [-0.1, -0.05) is 0 Å². The summed E-state index contributed by atoms with van der Waals surface area (Å²) < 4.78 is 25.9. The van der Waals surface area contributed by atoms with Crippen molar-refractivity contribution >= 4 is 49.1 Å². The minimum Gasteiger partial charge on any atom is -0.321 e. The second-order valence-electron chi connectivity index (χ2n) is 7.13. The maximum atomic E-state index is 12.8. The summed E-state index contributed by atoms with van der Waals surface area (Å²) in [6.45, 7) is 3.24. The summed E-state index contributed by atoms with van der Waals surface area (Å²) >= 11 is 1.12. The maximum Gasteiger partial charge on any atom is 0.266 e. The molecule has 0 saturated heterocycles. The Hall–Kier alpha value is -3.09. The van der Waals surface area contributed by atoms with Crippen molar-refractivity contribution in [3.8, 4) is 0 Å². The highest BCUT2D eigenvalue weighted by atomic mass is 32.2. The number of aromatic nitrogens is 2. The summed E-state index contributed by atoms with van der Waals surface area (Å²) in [5.41, 5.74) is 0.577. The molecule has 2 aromatic heterocycles. The fraction of sp³-hybridized carbons (Fsp3) is 0.263. The van der Waals surface area contributed by atoms with Crippen LogP contribution in [0.1, 0.15) is 28.0 Å².